The van der Waals surface area contributed by atoms with Crippen molar-refractivity contribution in [3.8, 4) is 11.5 Å². The molecule has 1 unspecified atom stereocenters. The third kappa shape index (κ3) is 3.45. The fourth-order valence-electron chi connectivity index (χ4n) is 2.66. The zero-order chi connectivity index (χ0) is 14.6. The first-order valence-corrected chi connectivity index (χ1v) is 7.75. The third-order valence-electron chi connectivity index (χ3n) is 3.56. The van der Waals surface area contributed by atoms with E-state index in [1.165, 1.54) is 5.56 Å². The molecule has 1 N–H and O–H groups in total. The molecule has 1 aliphatic heterocycles. The molecule has 1 heterocycles. The zero-order valence-electron chi connectivity index (χ0n) is 13.2. The molecule has 3 heteroatoms. The fraction of sp³-hybridized carbons (Fsp3) is 0.647. The Hall–Kier alpha value is -1.22. The topological polar surface area (TPSA) is 30.5 Å². The Morgan fingerprint density at radius 1 is 1.30 bits per heavy atom. The monoisotopic (exact) mass is 277 g/mol. The van der Waals surface area contributed by atoms with Crippen LogP contribution < -0.4 is 14.8 Å². The number of nitrogens with one attached hydrogen (secondary N) is 1. The van der Waals surface area contributed by atoms with Crippen molar-refractivity contribution in [2.45, 2.75) is 58.6 Å². The summed E-state index contributed by atoms with van der Waals surface area (Å²) in [6.07, 6.45) is 3.13. The van der Waals surface area contributed by atoms with Crippen LogP contribution in [0.15, 0.2) is 18.2 Å². The average Bonchev–Trinajstić information content (AvgIpc) is 2.41. The van der Waals surface area contributed by atoms with Crippen molar-refractivity contribution in [2.24, 2.45) is 0 Å². The highest BCUT2D eigenvalue weighted by atomic mass is 16.5. The number of para-hydroxylation sites is 1. The van der Waals surface area contributed by atoms with Crippen molar-refractivity contribution in [1.82, 2.24) is 5.32 Å². The van der Waals surface area contributed by atoms with Crippen LogP contribution >= 0.6 is 0 Å². The maximum Gasteiger partial charge on any atom is 0.166 e. The van der Waals surface area contributed by atoms with Crippen LogP contribution in [0, 0.1) is 0 Å². The van der Waals surface area contributed by atoms with Crippen LogP contribution in [0.25, 0.3) is 0 Å². The van der Waals surface area contributed by atoms with Gasteiger partial charge >= 0.3 is 0 Å². The molecule has 1 aromatic rings. The minimum absolute atomic E-state index is 0.163. The summed E-state index contributed by atoms with van der Waals surface area (Å²) >= 11 is 0. The minimum Gasteiger partial charge on any atom is -0.490 e. The van der Waals surface area contributed by atoms with Crippen LogP contribution in [0.4, 0.5) is 0 Å². The quantitative estimate of drug-likeness (QED) is 0.850. The van der Waals surface area contributed by atoms with Crippen LogP contribution in [0.2, 0.25) is 0 Å². The molecule has 1 aromatic carbocycles. The van der Waals surface area contributed by atoms with Gasteiger partial charge in [0.15, 0.2) is 11.5 Å². The van der Waals surface area contributed by atoms with Gasteiger partial charge in [0.2, 0.25) is 0 Å². The molecule has 0 spiro atoms. The summed E-state index contributed by atoms with van der Waals surface area (Å²) in [4.78, 5) is 0. The highest BCUT2D eigenvalue weighted by Gasteiger charge is 2.35. The van der Waals surface area contributed by atoms with Gasteiger partial charge in [-0.15, -0.1) is 0 Å². The zero-order valence-corrected chi connectivity index (χ0v) is 13.2. The lowest BCUT2D eigenvalue weighted by molar-refractivity contribution is 0.0613. The van der Waals surface area contributed by atoms with Crippen molar-refractivity contribution in [2.75, 3.05) is 13.2 Å². The molecule has 0 bridgehead atoms. The van der Waals surface area contributed by atoms with Gasteiger partial charge in [0.1, 0.15) is 5.60 Å². The maximum atomic E-state index is 6.19. The van der Waals surface area contributed by atoms with E-state index < -0.39 is 0 Å². The number of benzene rings is 1. The van der Waals surface area contributed by atoms with E-state index in [-0.39, 0.29) is 5.60 Å². The van der Waals surface area contributed by atoms with Crippen molar-refractivity contribution >= 4 is 0 Å². The standard InChI is InChI=1S/C17H27NO2/c1-5-10-18-14-12-17(3,4)20-16-13(14)8-7-9-15(16)19-11-6-2/h7-9,14,18H,5-6,10-12H2,1-4H3. The first-order valence-electron chi connectivity index (χ1n) is 7.75. The molecule has 0 aliphatic carbocycles. The second-order valence-corrected chi connectivity index (χ2v) is 6.10. The van der Waals surface area contributed by atoms with E-state index in [1.807, 2.05) is 6.07 Å². The summed E-state index contributed by atoms with van der Waals surface area (Å²) < 4.78 is 12.0. The predicted molar refractivity (Wildman–Crippen MR) is 82.6 cm³/mol. The summed E-state index contributed by atoms with van der Waals surface area (Å²) in [5, 5.41) is 3.63. The lowest BCUT2D eigenvalue weighted by Crippen LogP contribution is -2.39. The molecule has 0 fully saturated rings. The number of ether oxygens (including phenoxy) is 2. The molecule has 0 saturated heterocycles. The van der Waals surface area contributed by atoms with Gasteiger partial charge in [0.25, 0.3) is 0 Å². The molecule has 0 saturated carbocycles. The summed E-state index contributed by atoms with van der Waals surface area (Å²) in [5.74, 6) is 1.80. The molecule has 20 heavy (non-hydrogen) atoms. The van der Waals surface area contributed by atoms with Gasteiger partial charge in [-0.1, -0.05) is 26.0 Å². The lowest BCUT2D eigenvalue weighted by Gasteiger charge is -2.38. The van der Waals surface area contributed by atoms with Crippen LogP contribution in [-0.4, -0.2) is 18.8 Å². The van der Waals surface area contributed by atoms with Gasteiger partial charge in [-0.25, -0.2) is 0 Å². The van der Waals surface area contributed by atoms with Crippen LogP contribution in [0.3, 0.4) is 0 Å². The second kappa shape index (κ2) is 6.49. The summed E-state index contributed by atoms with van der Waals surface area (Å²) in [6.45, 7) is 10.4. The first-order chi connectivity index (χ1) is 9.57. The van der Waals surface area contributed by atoms with Gasteiger partial charge in [0, 0.05) is 18.0 Å². The van der Waals surface area contributed by atoms with Crippen LogP contribution in [-0.2, 0) is 0 Å². The Labute approximate surface area is 122 Å². The molecular formula is C17H27NO2. The molecule has 1 atom stereocenters. The lowest BCUT2D eigenvalue weighted by atomic mass is 9.89. The smallest absolute Gasteiger partial charge is 0.166 e. The SMILES string of the molecule is CCCNC1CC(C)(C)Oc2c(OCCC)cccc21. The molecule has 1 aliphatic rings. The van der Waals surface area contributed by atoms with E-state index >= 15 is 0 Å². The molecular weight excluding hydrogens is 250 g/mol. The van der Waals surface area contributed by atoms with Crippen molar-refractivity contribution in [3.05, 3.63) is 23.8 Å². The van der Waals surface area contributed by atoms with Crippen LogP contribution in [0.5, 0.6) is 11.5 Å². The number of hydrogen-bond acceptors (Lipinski definition) is 3. The molecule has 3 nitrogen and oxygen atoms in total. The molecule has 2 rings (SSSR count). The molecule has 0 amide bonds. The van der Waals surface area contributed by atoms with Gasteiger partial charge in [-0.05, 0) is 39.3 Å². The van der Waals surface area contributed by atoms with Gasteiger partial charge in [-0.2, -0.15) is 0 Å². The fourth-order valence-corrected chi connectivity index (χ4v) is 2.66. The van der Waals surface area contributed by atoms with Gasteiger partial charge < -0.3 is 14.8 Å². The summed E-state index contributed by atoms with van der Waals surface area (Å²) in [7, 11) is 0. The summed E-state index contributed by atoms with van der Waals surface area (Å²) in [6, 6.07) is 6.56. The third-order valence-corrected chi connectivity index (χ3v) is 3.56. The molecule has 112 valence electrons. The highest BCUT2D eigenvalue weighted by Crippen LogP contribution is 2.44. The van der Waals surface area contributed by atoms with Crippen molar-refractivity contribution in [3.63, 3.8) is 0 Å². The largest absolute Gasteiger partial charge is 0.490 e. The Bertz CT molecular complexity index is 443. The Morgan fingerprint density at radius 2 is 2.10 bits per heavy atom. The minimum atomic E-state index is -0.163. The maximum absolute atomic E-state index is 6.19. The van der Waals surface area contributed by atoms with E-state index in [0.717, 1.165) is 43.9 Å². The first kappa shape index (κ1) is 15.2. The van der Waals surface area contributed by atoms with E-state index in [1.54, 1.807) is 0 Å². The van der Waals surface area contributed by atoms with E-state index in [4.69, 9.17) is 9.47 Å². The van der Waals surface area contributed by atoms with Gasteiger partial charge in [0.05, 0.1) is 6.61 Å². The Balaban J connectivity index is 2.30. The van der Waals surface area contributed by atoms with Crippen LogP contribution in [0.1, 0.15) is 58.6 Å². The number of rotatable bonds is 6. The number of fused-ring (bicyclic) bond motifs is 1. The van der Waals surface area contributed by atoms with Crippen molar-refractivity contribution < 1.29 is 9.47 Å². The molecule has 0 radical (unpaired) electrons. The van der Waals surface area contributed by atoms with E-state index in [9.17, 15) is 0 Å². The molecule has 0 aromatic heterocycles. The predicted octanol–water partition coefficient (Wildman–Crippen LogP) is 4.08. The highest BCUT2D eigenvalue weighted by molar-refractivity contribution is 5.50. The second-order valence-electron chi connectivity index (χ2n) is 6.10. The number of hydrogen-bond donors (Lipinski definition) is 1. The van der Waals surface area contributed by atoms with Gasteiger partial charge in [-0.3, -0.25) is 0 Å². The van der Waals surface area contributed by atoms with Crippen molar-refractivity contribution in [1.29, 1.82) is 0 Å². The average molecular weight is 277 g/mol. The normalized spacial score (nSPS) is 20.1. The van der Waals surface area contributed by atoms with E-state index in [2.05, 4.69) is 45.1 Å². The Kier molecular flexibility index (Phi) is 4.92. The summed E-state index contributed by atoms with van der Waals surface area (Å²) in [5.41, 5.74) is 1.07. The Morgan fingerprint density at radius 3 is 2.80 bits per heavy atom. The van der Waals surface area contributed by atoms with E-state index in [0.29, 0.717) is 6.04 Å².